The van der Waals surface area contributed by atoms with E-state index in [0.717, 1.165) is 12.0 Å². The number of rotatable bonds is 5. The Hall–Kier alpha value is -1.91. The van der Waals surface area contributed by atoms with Crippen LogP contribution in [0.4, 0.5) is 0 Å². The van der Waals surface area contributed by atoms with Crippen LogP contribution in [-0.2, 0) is 16.1 Å². The largest absolute Gasteiger partial charge is 0.342 e. The van der Waals surface area contributed by atoms with Crippen LogP contribution >= 0.6 is 0 Å². The summed E-state index contributed by atoms with van der Waals surface area (Å²) in [5.41, 5.74) is 0.994. The molecule has 114 valence electrons. The molecule has 0 radical (unpaired) electrons. The van der Waals surface area contributed by atoms with Crippen molar-refractivity contribution in [2.75, 3.05) is 0 Å². The average Bonchev–Trinajstić information content (AvgIpc) is 2.45. The van der Waals surface area contributed by atoms with Crippen molar-refractivity contribution < 1.29 is 9.59 Å². The van der Waals surface area contributed by atoms with Gasteiger partial charge in [0.05, 0.1) is 0 Å². The van der Waals surface area contributed by atoms with Gasteiger partial charge >= 0.3 is 0 Å². The average molecular weight is 289 g/mol. The van der Waals surface area contributed by atoms with E-state index in [9.17, 15) is 9.59 Å². The van der Waals surface area contributed by atoms with E-state index in [1.165, 1.54) is 0 Å². The van der Waals surface area contributed by atoms with Crippen LogP contribution in [0.5, 0.6) is 0 Å². The third-order valence-corrected chi connectivity index (χ3v) is 3.81. The van der Waals surface area contributed by atoms with Crippen molar-refractivity contribution in [3.8, 4) is 0 Å². The van der Waals surface area contributed by atoms with Crippen molar-refractivity contribution in [1.82, 2.24) is 15.2 Å². The molecule has 1 aliphatic rings. The van der Waals surface area contributed by atoms with Gasteiger partial charge in [0.1, 0.15) is 12.1 Å². The molecule has 1 aromatic rings. The lowest BCUT2D eigenvalue weighted by Gasteiger charge is -2.41. The fraction of sp³-hybridized carbons (Fsp3) is 0.562. The van der Waals surface area contributed by atoms with Crippen LogP contribution in [0, 0.1) is 5.92 Å². The van der Waals surface area contributed by atoms with Crippen LogP contribution in [0.1, 0.15) is 39.2 Å². The Labute approximate surface area is 125 Å². The quantitative estimate of drug-likeness (QED) is 0.898. The zero-order chi connectivity index (χ0) is 15.4. The van der Waals surface area contributed by atoms with E-state index in [1.807, 2.05) is 32.9 Å². The summed E-state index contributed by atoms with van der Waals surface area (Å²) < 4.78 is 0. The summed E-state index contributed by atoms with van der Waals surface area (Å²) in [6.07, 6.45) is 4.96. The van der Waals surface area contributed by atoms with E-state index in [0.29, 0.717) is 13.0 Å². The van der Waals surface area contributed by atoms with Gasteiger partial charge in [-0.1, -0.05) is 27.2 Å². The molecule has 0 spiro atoms. The second-order valence-corrected chi connectivity index (χ2v) is 5.86. The van der Waals surface area contributed by atoms with Gasteiger partial charge < -0.3 is 10.2 Å². The Morgan fingerprint density at radius 1 is 1.29 bits per heavy atom. The third kappa shape index (κ3) is 3.40. The molecule has 0 aromatic carbocycles. The second-order valence-electron chi connectivity index (χ2n) is 5.86. The normalized spacial score (nSPS) is 22.6. The molecule has 0 saturated carbocycles. The van der Waals surface area contributed by atoms with Crippen molar-refractivity contribution in [3.05, 3.63) is 30.1 Å². The van der Waals surface area contributed by atoms with Crippen molar-refractivity contribution in [3.63, 3.8) is 0 Å². The molecule has 5 heteroatoms. The van der Waals surface area contributed by atoms with Crippen LogP contribution in [0.3, 0.4) is 0 Å². The first kappa shape index (κ1) is 15.5. The maximum Gasteiger partial charge on any atom is 0.246 e. The Balaban J connectivity index is 2.25. The maximum atomic E-state index is 12.7. The van der Waals surface area contributed by atoms with Gasteiger partial charge in [0.15, 0.2) is 0 Å². The zero-order valence-corrected chi connectivity index (χ0v) is 12.9. The predicted octanol–water partition coefficient (Wildman–Crippen LogP) is 1.73. The summed E-state index contributed by atoms with van der Waals surface area (Å²) >= 11 is 0. The van der Waals surface area contributed by atoms with Gasteiger partial charge in [-0.2, -0.15) is 0 Å². The third-order valence-electron chi connectivity index (χ3n) is 3.81. The molecule has 2 rings (SSSR count). The molecular weight excluding hydrogens is 266 g/mol. The summed E-state index contributed by atoms with van der Waals surface area (Å²) in [7, 11) is 0. The van der Waals surface area contributed by atoms with Gasteiger partial charge in [-0.05, 0) is 30.0 Å². The lowest BCUT2D eigenvalue weighted by Crippen LogP contribution is -2.64. The molecule has 21 heavy (non-hydrogen) atoms. The van der Waals surface area contributed by atoms with Gasteiger partial charge in [0.2, 0.25) is 11.8 Å². The van der Waals surface area contributed by atoms with Gasteiger partial charge in [-0.25, -0.2) is 0 Å². The highest BCUT2D eigenvalue weighted by atomic mass is 16.2. The number of amides is 2. The minimum absolute atomic E-state index is 0.0203. The lowest BCUT2D eigenvalue weighted by molar-refractivity contribution is -0.152. The second kappa shape index (κ2) is 6.70. The van der Waals surface area contributed by atoms with E-state index < -0.39 is 6.04 Å². The van der Waals surface area contributed by atoms with Crippen LogP contribution in [0.15, 0.2) is 24.5 Å². The Kier molecular flexibility index (Phi) is 4.94. The number of piperazine rings is 1. The maximum absolute atomic E-state index is 12.7. The molecule has 5 nitrogen and oxygen atoms in total. The number of pyridine rings is 1. The van der Waals surface area contributed by atoms with Crippen LogP contribution < -0.4 is 5.32 Å². The number of nitrogens with zero attached hydrogens (tertiary/aromatic N) is 2. The first-order chi connectivity index (χ1) is 10.0. The summed E-state index contributed by atoms with van der Waals surface area (Å²) in [5, 5.41) is 2.87. The molecule has 1 N–H and O–H groups in total. The number of carbonyl (C=O) groups is 2. The summed E-state index contributed by atoms with van der Waals surface area (Å²) in [4.78, 5) is 30.7. The molecule has 2 atom stereocenters. The van der Waals surface area contributed by atoms with Crippen molar-refractivity contribution in [1.29, 1.82) is 0 Å². The molecule has 2 heterocycles. The SMILES string of the molecule is CCCC1NC(=O)C(C(C)C)N(Cc2ccncc2)C1=O. The first-order valence-corrected chi connectivity index (χ1v) is 7.54. The highest BCUT2D eigenvalue weighted by molar-refractivity contribution is 5.97. The van der Waals surface area contributed by atoms with Gasteiger partial charge in [0, 0.05) is 18.9 Å². The van der Waals surface area contributed by atoms with E-state index in [-0.39, 0.29) is 23.8 Å². The first-order valence-electron chi connectivity index (χ1n) is 7.54. The van der Waals surface area contributed by atoms with Gasteiger partial charge in [-0.3, -0.25) is 14.6 Å². The van der Waals surface area contributed by atoms with Crippen LogP contribution in [-0.4, -0.2) is 33.8 Å². The zero-order valence-electron chi connectivity index (χ0n) is 12.9. The number of aromatic nitrogens is 1. The van der Waals surface area contributed by atoms with Crippen molar-refractivity contribution in [2.24, 2.45) is 5.92 Å². The fourth-order valence-electron chi connectivity index (χ4n) is 2.81. The Morgan fingerprint density at radius 2 is 1.95 bits per heavy atom. The van der Waals surface area contributed by atoms with Crippen LogP contribution in [0.2, 0.25) is 0 Å². The van der Waals surface area contributed by atoms with E-state index in [2.05, 4.69) is 10.3 Å². The molecule has 2 unspecified atom stereocenters. The van der Waals surface area contributed by atoms with Gasteiger partial charge in [-0.15, -0.1) is 0 Å². The van der Waals surface area contributed by atoms with E-state index >= 15 is 0 Å². The topological polar surface area (TPSA) is 62.3 Å². The number of hydrogen-bond donors (Lipinski definition) is 1. The van der Waals surface area contributed by atoms with E-state index in [4.69, 9.17) is 0 Å². The number of carbonyl (C=O) groups excluding carboxylic acids is 2. The summed E-state index contributed by atoms with van der Waals surface area (Å²) in [6.45, 7) is 6.41. The lowest BCUT2D eigenvalue weighted by atomic mass is 9.95. The summed E-state index contributed by atoms with van der Waals surface area (Å²) in [5.74, 6) is 0.0578. The van der Waals surface area contributed by atoms with Crippen molar-refractivity contribution in [2.45, 2.75) is 52.2 Å². The molecule has 1 aromatic heterocycles. The Morgan fingerprint density at radius 3 is 2.52 bits per heavy atom. The molecule has 0 aliphatic carbocycles. The minimum atomic E-state index is -0.404. The minimum Gasteiger partial charge on any atom is -0.342 e. The highest BCUT2D eigenvalue weighted by Gasteiger charge is 2.41. The molecule has 1 saturated heterocycles. The molecular formula is C16H23N3O2. The smallest absolute Gasteiger partial charge is 0.246 e. The predicted molar refractivity (Wildman–Crippen MR) is 80.3 cm³/mol. The highest BCUT2D eigenvalue weighted by Crippen LogP contribution is 2.21. The number of nitrogens with one attached hydrogen (secondary N) is 1. The molecule has 0 bridgehead atoms. The van der Waals surface area contributed by atoms with Crippen LogP contribution in [0.25, 0.3) is 0 Å². The standard InChI is InChI=1S/C16H23N3O2/c1-4-5-13-16(21)19(10-12-6-8-17-9-7-12)14(11(2)3)15(20)18-13/h6-9,11,13-14H,4-5,10H2,1-3H3,(H,18,20). The van der Waals surface area contributed by atoms with E-state index in [1.54, 1.807) is 17.3 Å². The number of hydrogen-bond acceptors (Lipinski definition) is 3. The molecule has 2 amide bonds. The molecule has 1 aliphatic heterocycles. The fourth-order valence-corrected chi connectivity index (χ4v) is 2.81. The molecule has 1 fully saturated rings. The van der Waals surface area contributed by atoms with Crippen molar-refractivity contribution >= 4 is 11.8 Å². The Bertz CT molecular complexity index is 502. The van der Waals surface area contributed by atoms with Gasteiger partial charge in [0.25, 0.3) is 0 Å². The summed E-state index contributed by atoms with van der Waals surface area (Å²) in [6, 6.07) is 2.97. The monoisotopic (exact) mass is 289 g/mol.